The van der Waals surface area contributed by atoms with Gasteiger partial charge in [-0.25, -0.2) is 8.96 Å². The molecule has 0 aliphatic heterocycles. The molecule has 1 unspecified atom stereocenters. The first-order valence-electron chi connectivity index (χ1n) is 11.1. The Morgan fingerprint density at radius 1 is 0.722 bits per heavy atom. The minimum absolute atomic E-state index is 0.368. The van der Waals surface area contributed by atoms with Crippen molar-refractivity contribution in [2.45, 2.75) is 5.78 Å². The van der Waals surface area contributed by atoms with E-state index in [1.54, 1.807) is 60.7 Å². The molecule has 1 heterocycles. The fourth-order valence-corrected chi connectivity index (χ4v) is 6.23. The minimum atomic E-state index is -4.03. The standard InChI is InChI=1S/C27H21FN3O3PS/c28-22-18-16-20(17-19-22)25(29-27-31-30-26(36-27)21-10-4-1-5-11-21)35(32,33-23-12-6-2-7-13-23)34-24-14-8-3-9-15-24/h1-19,25H,(H,29,31). The molecule has 0 fully saturated rings. The van der Waals surface area contributed by atoms with E-state index in [2.05, 4.69) is 15.5 Å². The highest BCUT2D eigenvalue weighted by atomic mass is 32.1. The van der Waals surface area contributed by atoms with E-state index in [0.29, 0.717) is 27.2 Å². The summed E-state index contributed by atoms with van der Waals surface area (Å²) in [6, 6.07) is 32.9. The molecule has 180 valence electrons. The molecule has 5 aromatic rings. The molecule has 0 amide bonds. The van der Waals surface area contributed by atoms with E-state index in [-0.39, 0.29) is 0 Å². The first kappa shape index (κ1) is 23.7. The molecule has 1 N–H and O–H groups in total. The van der Waals surface area contributed by atoms with E-state index in [1.165, 1.54) is 23.5 Å². The van der Waals surface area contributed by atoms with Gasteiger partial charge in [-0.15, -0.1) is 10.2 Å². The Kier molecular flexibility index (Phi) is 7.07. The number of hydrogen-bond acceptors (Lipinski definition) is 7. The highest BCUT2D eigenvalue weighted by molar-refractivity contribution is 7.55. The van der Waals surface area contributed by atoms with Crippen LogP contribution in [0.5, 0.6) is 11.5 Å². The van der Waals surface area contributed by atoms with Crippen molar-refractivity contribution in [3.63, 3.8) is 0 Å². The van der Waals surface area contributed by atoms with Crippen LogP contribution in [0.1, 0.15) is 11.3 Å². The van der Waals surface area contributed by atoms with Crippen LogP contribution in [-0.4, -0.2) is 10.2 Å². The van der Waals surface area contributed by atoms with Gasteiger partial charge in [-0.05, 0) is 42.0 Å². The molecule has 0 spiro atoms. The number of anilines is 1. The zero-order chi connectivity index (χ0) is 24.8. The van der Waals surface area contributed by atoms with Crippen molar-refractivity contribution in [1.82, 2.24) is 10.2 Å². The fraction of sp³-hybridized carbons (Fsp3) is 0.0370. The number of para-hydroxylation sites is 2. The average molecular weight is 518 g/mol. The monoisotopic (exact) mass is 517 g/mol. The van der Waals surface area contributed by atoms with Crippen molar-refractivity contribution < 1.29 is 18.0 Å². The van der Waals surface area contributed by atoms with Crippen LogP contribution in [-0.2, 0) is 4.57 Å². The molecule has 0 aliphatic carbocycles. The largest absolute Gasteiger partial charge is 0.457 e. The zero-order valence-electron chi connectivity index (χ0n) is 18.9. The van der Waals surface area contributed by atoms with E-state index in [4.69, 9.17) is 9.05 Å². The van der Waals surface area contributed by atoms with E-state index in [1.807, 2.05) is 42.5 Å². The predicted molar refractivity (Wildman–Crippen MR) is 140 cm³/mol. The van der Waals surface area contributed by atoms with Crippen molar-refractivity contribution >= 4 is 24.1 Å². The van der Waals surface area contributed by atoms with Crippen molar-refractivity contribution in [2.24, 2.45) is 0 Å². The Morgan fingerprint density at radius 2 is 1.25 bits per heavy atom. The van der Waals surface area contributed by atoms with Crippen molar-refractivity contribution in [3.8, 4) is 22.1 Å². The smallest absolute Gasteiger partial charge is 0.414 e. The Balaban J connectivity index is 1.56. The van der Waals surface area contributed by atoms with Gasteiger partial charge in [0.05, 0.1) is 0 Å². The normalized spacial score (nSPS) is 12.0. The summed E-state index contributed by atoms with van der Waals surface area (Å²) in [6.45, 7) is 0. The summed E-state index contributed by atoms with van der Waals surface area (Å²) in [5.41, 5.74) is 1.41. The van der Waals surface area contributed by atoms with Crippen LogP contribution in [0.25, 0.3) is 10.6 Å². The SMILES string of the molecule is O=P(Oc1ccccc1)(Oc1ccccc1)C(Nc1nnc(-c2ccccc2)s1)c1ccc(F)cc1. The number of nitrogens with one attached hydrogen (secondary N) is 1. The van der Waals surface area contributed by atoms with E-state index < -0.39 is 19.2 Å². The third-order valence-electron chi connectivity index (χ3n) is 5.16. The van der Waals surface area contributed by atoms with Gasteiger partial charge in [-0.1, -0.05) is 90.2 Å². The van der Waals surface area contributed by atoms with Crippen LogP contribution in [0.3, 0.4) is 0 Å². The third-order valence-corrected chi connectivity index (χ3v) is 8.05. The second kappa shape index (κ2) is 10.7. The fourth-order valence-electron chi connectivity index (χ4n) is 3.47. The number of halogens is 1. The van der Waals surface area contributed by atoms with E-state index in [9.17, 15) is 8.96 Å². The summed E-state index contributed by atoms with van der Waals surface area (Å²) in [4.78, 5) is 0. The number of hydrogen-bond donors (Lipinski definition) is 1. The van der Waals surface area contributed by atoms with Gasteiger partial charge >= 0.3 is 7.60 Å². The van der Waals surface area contributed by atoms with Crippen LogP contribution in [0.15, 0.2) is 115 Å². The number of rotatable bonds is 9. The second-order valence-electron chi connectivity index (χ2n) is 7.73. The van der Waals surface area contributed by atoms with Crippen LogP contribution in [0, 0.1) is 5.82 Å². The maximum Gasteiger partial charge on any atom is 0.457 e. The minimum Gasteiger partial charge on any atom is -0.414 e. The second-order valence-corrected chi connectivity index (χ2v) is 10.7. The molecule has 0 radical (unpaired) electrons. The van der Waals surface area contributed by atoms with Gasteiger partial charge in [0.1, 0.15) is 22.3 Å². The Morgan fingerprint density at radius 3 is 1.81 bits per heavy atom. The molecule has 9 heteroatoms. The lowest BCUT2D eigenvalue weighted by atomic mass is 10.2. The van der Waals surface area contributed by atoms with Crippen molar-refractivity contribution in [2.75, 3.05) is 5.32 Å². The molecule has 6 nitrogen and oxygen atoms in total. The first-order chi connectivity index (χ1) is 17.6. The Labute approximate surface area is 211 Å². The van der Waals surface area contributed by atoms with Gasteiger partial charge < -0.3 is 14.4 Å². The maximum absolute atomic E-state index is 14.6. The van der Waals surface area contributed by atoms with Gasteiger partial charge in [0.2, 0.25) is 5.13 Å². The highest BCUT2D eigenvalue weighted by Gasteiger charge is 2.41. The predicted octanol–water partition coefficient (Wildman–Crippen LogP) is 7.81. The highest BCUT2D eigenvalue weighted by Crippen LogP contribution is 2.60. The molecule has 0 bridgehead atoms. The van der Waals surface area contributed by atoms with Crippen LogP contribution in [0.2, 0.25) is 0 Å². The lowest BCUT2D eigenvalue weighted by Crippen LogP contribution is -2.18. The van der Waals surface area contributed by atoms with Crippen LogP contribution >= 0.6 is 18.9 Å². The van der Waals surface area contributed by atoms with Crippen LogP contribution < -0.4 is 14.4 Å². The molecule has 4 aromatic carbocycles. The maximum atomic E-state index is 14.6. The van der Waals surface area contributed by atoms with Gasteiger partial charge in [-0.3, -0.25) is 0 Å². The van der Waals surface area contributed by atoms with Gasteiger partial charge in [0, 0.05) is 5.56 Å². The molecular formula is C27H21FN3O3PS. The summed E-state index contributed by atoms with van der Waals surface area (Å²) >= 11 is 1.30. The summed E-state index contributed by atoms with van der Waals surface area (Å²) in [7, 11) is -4.03. The van der Waals surface area contributed by atoms with E-state index >= 15 is 0 Å². The molecular weight excluding hydrogens is 496 g/mol. The van der Waals surface area contributed by atoms with Crippen LogP contribution in [0.4, 0.5) is 9.52 Å². The van der Waals surface area contributed by atoms with Crippen molar-refractivity contribution in [3.05, 3.63) is 127 Å². The van der Waals surface area contributed by atoms with Gasteiger partial charge in [0.15, 0.2) is 5.78 Å². The first-order valence-corrected chi connectivity index (χ1v) is 13.5. The summed E-state index contributed by atoms with van der Waals surface area (Å²) in [6.07, 6.45) is 0. The number of benzene rings is 4. The topological polar surface area (TPSA) is 73.3 Å². The lowest BCUT2D eigenvalue weighted by Gasteiger charge is -2.28. The molecule has 1 atom stereocenters. The Hall–Kier alpha value is -4.00. The lowest BCUT2D eigenvalue weighted by molar-refractivity contribution is 0.376. The quantitative estimate of drug-likeness (QED) is 0.201. The summed E-state index contributed by atoms with van der Waals surface area (Å²) in [5.74, 6) is -0.696. The molecule has 0 saturated carbocycles. The number of aromatic nitrogens is 2. The molecule has 36 heavy (non-hydrogen) atoms. The summed E-state index contributed by atoms with van der Waals surface area (Å²) in [5, 5.41) is 12.8. The number of nitrogens with zero attached hydrogens (tertiary/aromatic N) is 2. The van der Waals surface area contributed by atoms with Crippen molar-refractivity contribution in [1.29, 1.82) is 0 Å². The molecule has 0 aliphatic rings. The van der Waals surface area contributed by atoms with Gasteiger partial charge in [0.25, 0.3) is 0 Å². The van der Waals surface area contributed by atoms with Gasteiger partial charge in [-0.2, -0.15) is 0 Å². The average Bonchev–Trinajstić information content (AvgIpc) is 3.38. The third kappa shape index (κ3) is 5.62. The Bertz CT molecular complexity index is 1410. The molecule has 5 rings (SSSR count). The van der Waals surface area contributed by atoms with E-state index in [0.717, 1.165) is 5.56 Å². The zero-order valence-corrected chi connectivity index (χ0v) is 20.6. The molecule has 1 aromatic heterocycles. The molecule has 0 saturated heterocycles. The summed E-state index contributed by atoms with van der Waals surface area (Å²) < 4.78 is 40.5.